The number of hydrogen-bond donors (Lipinski definition) is 2. The molecule has 1 aliphatic heterocycles. The number of nitrogens with one attached hydrogen (secondary N) is 1. The van der Waals surface area contributed by atoms with E-state index in [1.54, 1.807) is 24.3 Å². The average Bonchev–Trinajstić information content (AvgIpc) is 2.96. The molecule has 0 atom stereocenters. The van der Waals surface area contributed by atoms with Gasteiger partial charge < -0.3 is 11.1 Å². The summed E-state index contributed by atoms with van der Waals surface area (Å²) in [5, 5.41) is 2.83. The van der Waals surface area contributed by atoms with Gasteiger partial charge in [0.1, 0.15) is 5.82 Å². The van der Waals surface area contributed by atoms with Crippen molar-refractivity contribution in [3.05, 3.63) is 53.1 Å². The lowest BCUT2D eigenvalue weighted by Gasteiger charge is -2.14. The Morgan fingerprint density at radius 1 is 1.23 bits per heavy atom. The van der Waals surface area contributed by atoms with Crippen LogP contribution in [0.3, 0.4) is 0 Å². The van der Waals surface area contributed by atoms with E-state index in [9.17, 15) is 9.59 Å². The van der Waals surface area contributed by atoms with Crippen LogP contribution in [0.4, 0.5) is 5.69 Å². The summed E-state index contributed by atoms with van der Waals surface area (Å²) in [5.41, 5.74) is 8.34. The second kappa shape index (κ2) is 7.61. The molecule has 1 aliphatic rings. The molecule has 0 aliphatic carbocycles. The second-order valence-corrected chi connectivity index (χ2v) is 6.99. The highest BCUT2D eigenvalue weighted by atomic mass is 16.2. The van der Waals surface area contributed by atoms with Gasteiger partial charge in [-0.1, -0.05) is 13.8 Å². The second-order valence-electron chi connectivity index (χ2n) is 6.99. The third-order valence-corrected chi connectivity index (χ3v) is 4.18. The lowest BCUT2D eigenvalue weighted by Crippen LogP contribution is -2.29. The monoisotopic (exact) mass is 353 g/mol. The molecule has 0 saturated carbocycles. The van der Waals surface area contributed by atoms with Gasteiger partial charge >= 0.3 is 0 Å². The highest BCUT2D eigenvalue weighted by molar-refractivity contribution is 5.95. The van der Waals surface area contributed by atoms with Crippen molar-refractivity contribution < 1.29 is 9.59 Å². The minimum atomic E-state index is -0.490. The van der Waals surface area contributed by atoms with Crippen LogP contribution in [0.15, 0.2) is 30.5 Å². The number of hydrogen-bond acceptors (Lipinski definition) is 5. The van der Waals surface area contributed by atoms with Gasteiger partial charge in [-0.25, -0.2) is 9.97 Å². The average molecular weight is 353 g/mol. The van der Waals surface area contributed by atoms with Gasteiger partial charge in [-0.3, -0.25) is 14.5 Å². The minimum absolute atomic E-state index is 0.111. The Morgan fingerprint density at radius 3 is 2.62 bits per heavy atom. The van der Waals surface area contributed by atoms with Crippen molar-refractivity contribution >= 4 is 17.5 Å². The summed E-state index contributed by atoms with van der Waals surface area (Å²) in [6.45, 7) is 5.88. The van der Waals surface area contributed by atoms with E-state index in [2.05, 4.69) is 29.1 Å². The molecule has 26 heavy (non-hydrogen) atoms. The molecule has 0 radical (unpaired) electrons. The Morgan fingerprint density at radius 2 is 1.96 bits per heavy atom. The van der Waals surface area contributed by atoms with Crippen molar-refractivity contribution in [3.63, 3.8) is 0 Å². The molecule has 2 heterocycles. The zero-order valence-corrected chi connectivity index (χ0v) is 15.0. The van der Waals surface area contributed by atoms with Gasteiger partial charge in [0.25, 0.3) is 0 Å². The van der Waals surface area contributed by atoms with Crippen LogP contribution < -0.4 is 11.1 Å². The molecule has 2 amide bonds. The van der Waals surface area contributed by atoms with Gasteiger partial charge in [0.2, 0.25) is 11.8 Å². The lowest BCUT2D eigenvalue weighted by atomic mass is 10.1. The van der Waals surface area contributed by atoms with Gasteiger partial charge in [-0.05, 0) is 30.2 Å². The Kier molecular flexibility index (Phi) is 5.27. The molecule has 0 unspecified atom stereocenters. The highest BCUT2D eigenvalue weighted by Gasteiger charge is 2.23. The Labute approximate surface area is 152 Å². The van der Waals surface area contributed by atoms with E-state index in [-0.39, 0.29) is 12.5 Å². The lowest BCUT2D eigenvalue weighted by molar-refractivity contribution is -0.117. The smallest absolute Gasteiger partial charge is 0.248 e. The molecular formula is C19H23N5O2. The van der Waals surface area contributed by atoms with Gasteiger partial charge in [-0.2, -0.15) is 0 Å². The van der Waals surface area contributed by atoms with Crippen LogP contribution in [0, 0.1) is 5.92 Å². The fourth-order valence-electron chi connectivity index (χ4n) is 2.96. The van der Waals surface area contributed by atoms with Crippen LogP contribution >= 0.6 is 0 Å². The van der Waals surface area contributed by atoms with Crippen LogP contribution in [0.5, 0.6) is 0 Å². The quantitative estimate of drug-likeness (QED) is 0.823. The van der Waals surface area contributed by atoms with Gasteiger partial charge in [0, 0.05) is 42.5 Å². The molecule has 3 N–H and O–H groups in total. The summed E-state index contributed by atoms with van der Waals surface area (Å²) in [7, 11) is 0. The summed E-state index contributed by atoms with van der Waals surface area (Å²) < 4.78 is 0. The van der Waals surface area contributed by atoms with Gasteiger partial charge in [0.15, 0.2) is 0 Å². The van der Waals surface area contributed by atoms with E-state index in [4.69, 9.17) is 5.73 Å². The maximum Gasteiger partial charge on any atom is 0.248 e. The summed E-state index contributed by atoms with van der Waals surface area (Å²) in [6.07, 6.45) is 2.73. The maximum absolute atomic E-state index is 12.3. The van der Waals surface area contributed by atoms with E-state index >= 15 is 0 Å². The Bertz CT molecular complexity index is 817. The summed E-state index contributed by atoms with van der Waals surface area (Å²) >= 11 is 0. The molecule has 1 aromatic carbocycles. The van der Waals surface area contributed by atoms with Crippen LogP contribution in [-0.4, -0.2) is 33.2 Å². The van der Waals surface area contributed by atoms with E-state index in [0.717, 1.165) is 23.5 Å². The number of primary amides is 1. The molecule has 1 aromatic heterocycles. The van der Waals surface area contributed by atoms with Crippen molar-refractivity contribution in [2.24, 2.45) is 11.7 Å². The summed E-state index contributed by atoms with van der Waals surface area (Å²) in [6, 6.07) is 6.52. The van der Waals surface area contributed by atoms with Crippen molar-refractivity contribution in [1.82, 2.24) is 14.9 Å². The SMILES string of the molecule is CC(C)Cc1ncc2c(n1)CN(CC(=O)Nc1ccc(C(N)=O)cc1)C2. The summed E-state index contributed by atoms with van der Waals surface area (Å²) in [5.74, 6) is 0.771. The number of nitrogens with two attached hydrogens (primary N) is 1. The Balaban J connectivity index is 1.56. The fourth-order valence-corrected chi connectivity index (χ4v) is 2.96. The first-order valence-corrected chi connectivity index (χ1v) is 8.66. The molecule has 0 bridgehead atoms. The molecule has 7 nitrogen and oxygen atoms in total. The number of rotatable bonds is 6. The molecule has 0 fully saturated rings. The molecule has 136 valence electrons. The Hall–Kier alpha value is -2.80. The van der Waals surface area contributed by atoms with Gasteiger partial charge in [0.05, 0.1) is 12.2 Å². The van der Waals surface area contributed by atoms with Crippen LogP contribution in [0.2, 0.25) is 0 Å². The normalized spacial score (nSPS) is 13.7. The fraction of sp³-hybridized carbons (Fsp3) is 0.368. The minimum Gasteiger partial charge on any atom is -0.366 e. The zero-order valence-electron chi connectivity index (χ0n) is 15.0. The number of carbonyl (C=O) groups excluding carboxylic acids is 2. The topological polar surface area (TPSA) is 101 Å². The van der Waals surface area contributed by atoms with Gasteiger partial charge in [-0.15, -0.1) is 0 Å². The number of amides is 2. The zero-order chi connectivity index (χ0) is 18.7. The number of anilines is 1. The standard InChI is InChI=1S/C19H23N5O2/c1-12(2)7-17-21-8-14-9-24(10-16(14)23-17)11-18(25)22-15-5-3-13(4-6-15)19(20)26/h3-6,8,12H,7,9-11H2,1-2H3,(H2,20,26)(H,22,25). The first kappa shape index (κ1) is 18.0. The first-order valence-electron chi connectivity index (χ1n) is 8.66. The molecule has 0 saturated heterocycles. The third kappa shape index (κ3) is 4.43. The van der Waals surface area contributed by atoms with E-state index in [1.807, 2.05) is 11.1 Å². The van der Waals surface area contributed by atoms with E-state index in [0.29, 0.717) is 30.3 Å². The van der Waals surface area contributed by atoms with Crippen molar-refractivity contribution in [2.45, 2.75) is 33.4 Å². The largest absolute Gasteiger partial charge is 0.366 e. The van der Waals surface area contributed by atoms with Crippen molar-refractivity contribution in [2.75, 3.05) is 11.9 Å². The van der Waals surface area contributed by atoms with E-state index < -0.39 is 5.91 Å². The highest BCUT2D eigenvalue weighted by Crippen LogP contribution is 2.20. The number of nitrogens with zero attached hydrogens (tertiary/aromatic N) is 3. The van der Waals surface area contributed by atoms with Crippen LogP contribution in [0.25, 0.3) is 0 Å². The van der Waals surface area contributed by atoms with Crippen LogP contribution in [0.1, 0.15) is 41.3 Å². The molecule has 3 rings (SSSR count). The molecule has 2 aromatic rings. The number of carbonyl (C=O) groups is 2. The third-order valence-electron chi connectivity index (χ3n) is 4.18. The molecular weight excluding hydrogens is 330 g/mol. The first-order chi connectivity index (χ1) is 12.4. The van der Waals surface area contributed by atoms with E-state index in [1.165, 1.54) is 0 Å². The van der Waals surface area contributed by atoms with Crippen molar-refractivity contribution in [3.8, 4) is 0 Å². The molecule has 0 spiro atoms. The predicted octanol–water partition coefficient (Wildman–Crippen LogP) is 1.73. The number of aromatic nitrogens is 2. The van der Waals surface area contributed by atoms with Crippen LogP contribution in [-0.2, 0) is 24.3 Å². The summed E-state index contributed by atoms with van der Waals surface area (Å²) in [4.78, 5) is 34.4. The maximum atomic E-state index is 12.3. The predicted molar refractivity (Wildman–Crippen MR) is 98.3 cm³/mol. The number of fused-ring (bicyclic) bond motifs is 1. The number of benzene rings is 1. The molecule has 7 heteroatoms. The van der Waals surface area contributed by atoms with Crippen molar-refractivity contribution in [1.29, 1.82) is 0 Å².